The molecule has 1 aromatic rings. The number of nitriles is 1. The molecule has 1 aliphatic heterocycles. The summed E-state index contributed by atoms with van der Waals surface area (Å²) in [6.45, 7) is 7.67. The molecule has 0 spiro atoms. The van der Waals surface area contributed by atoms with Crippen molar-refractivity contribution in [3.63, 3.8) is 0 Å². The molecule has 0 amide bonds. The lowest BCUT2D eigenvalue weighted by Crippen LogP contribution is -2.30. The Labute approximate surface area is 141 Å². The molecule has 1 unspecified atom stereocenters. The van der Waals surface area contributed by atoms with Gasteiger partial charge in [0.05, 0.1) is 24.2 Å². The van der Waals surface area contributed by atoms with Gasteiger partial charge in [0.25, 0.3) is 0 Å². The smallest absolute Gasteiger partial charge is 0.340 e. The molecule has 126 valence electrons. The highest BCUT2D eigenvalue weighted by Crippen LogP contribution is 2.44. The number of esters is 1. The summed E-state index contributed by atoms with van der Waals surface area (Å²) in [4.78, 5) is 16.5. The zero-order valence-corrected chi connectivity index (χ0v) is 14.3. The lowest BCUT2D eigenvalue weighted by molar-refractivity contribution is -0.139. The lowest BCUT2D eigenvalue weighted by Gasteiger charge is -2.33. The predicted octanol–water partition coefficient (Wildman–Crippen LogP) is 2.75. The predicted molar refractivity (Wildman–Crippen MR) is 88.0 cm³/mol. The summed E-state index contributed by atoms with van der Waals surface area (Å²) >= 11 is 0. The van der Waals surface area contributed by atoms with Gasteiger partial charge in [-0.15, -0.1) is 0 Å². The van der Waals surface area contributed by atoms with Crippen LogP contribution in [0.4, 0.5) is 0 Å². The quantitative estimate of drug-likeness (QED) is 0.857. The van der Waals surface area contributed by atoms with E-state index in [2.05, 4.69) is 11.1 Å². The van der Waals surface area contributed by atoms with Gasteiger partial charge in [0.15, 0.2) is 0 Å². The Balaban J connectivity index is 2.69. The van der Waals surface area contributed by atoms with Crippen LogP contribution in [0.15, 0.2) is 47.3 Å². The highest BCUT2D eigenvalue weighted by molar-refractivity contribution is 5.92. The van der Waals surface area contributed by atoms with E-state index in [1.165, 1.54) is 0 Å². The van der Waals surface area contributed by atoms with E-state index < -0.39 is 17.3 Å². The molecule has 2 N–H and O–H groups in total. The highest BCUT2D eigenvalue weighted by atomic mass is 16.5. The number of allylic oxidation sites excluding steroid dienone is 2. The Morgan fingerprint density at radius 1 is 1.50 bits per heavy atom. The van der Waals surface area contributed by atoms with Crippen molar-refractivity contribution < 1.29 is 14.3 Å². The van der Waals surface area contributed by atoms with E-state index in [1.54, 1.807) is 31.5 Å². The van der Waals surface area contributed by atoms with E-state index in [0.717, 1.165) is 0 Å². The molecular formula is C18H21N3O3. The molecule has 2 rings (SSSR count). The Morgan fingerprint density at radius 2 is 2.21 bits per heavy atom. The van der Waals surface area contributed by atoms with Gasteiger partial charge in [-0.05, 0) is 18.6 Å². The molecule has 0 aromatic carbocycles. The van der Waals surface area contributed by atoms with Gasteiger partial charge in [0, 0.05) is 17.8 Å². The van der Waals surface area contributed by atoms with E-state index in [1.807, 2.05) is 20.8 Å². The van der Waals surface area contributed by atoms with Gasteiger partial charge in [-0.2, -0.15) is 5.26 Å². The third kappa shape index (κ3) is 3.25. The molecule has 6 heteroatoms. The number of aromatic nitrogens is 1. The number of carbonyl (C=O) groups excluding carboxylic acids is 1. The van der Waals surface area contributed by atoms with Gasteiger partial charge in [-0.25, -0.2) is 4.79 Å². The minimum atomic E-state index is -0.661. The van der Waals surface area contributed by atoms with Crippen LogP contribution >= 0.6 is 0 Å². The summed E-state index contributed by atoms with van der Waals surface area (Å²) in [5.41, 5.74) is 6.75. The van der Waals surface area contributed by atoms with Gasteiger partial charge in [0.1, 0.15) is 11.3 Å². The first kappa shape index (κ1) is 17.5. The average molecular weight is 327 g/mol. The van der Waals surface area contributed by atoms with Crippen molar-refractivity contribution in [1.82, 2.24) is 4.98 Å². The first-order valence-electron chi connectivity index (χ1n) is 7.70. The molecule has 1 aromatic heterocycles. The van der Waals surface area contributed by atoms with Crippen molar-refractivity contribution in [3.8, 4) is 6.07 Å². The Morgan fingerprint density at radius 3 is 2.71 bits per heavy atom. The SMILES string of the molecule is CCOC(=O)C1=C(N)OC(C(C)(C)C)=C(C#N)C1c1cccnc1. The molecule has 0 saturated carbocycles. The second kappa shape index (κ2) is 6.75. The fraction of sp³-hybridized carbons (Fsp3) is 0.389. The fourth-order valence-corrected chi connectivity index (χ4v) is 2.62. The van der Waals surface area contributed by atoms with Crippen molar-refractivity contribution in [2.45, 2.75) is 33.6 Å². The second-order valence-electron chi connectivity index (χ2n) is 6.42. The zero-order valence-electron chi connectivity index (χ0n) is 14.3. The van der Waals surface area contributed by atoms with Crippen LogP contribution in [0, 0.1) is 16.7 Å². The van der Waals surface area contributed by atoms with Gasteiger partial charge in [-0.3, -0.25) is 4.98 Å². The molecule has 0 fully saturated rings. The van der Waals surface area contributed by atoms with Crippen LogP contribution in [0.3, 0.4) is 0 Å². The molecule has 1 aliphatic rings. The van der Waals surface area contributed by atoms with Crippen LogP contribution in [0.1, 0.15) is 39.2 Å². The number of pyridine rings is 1. The van der Waals surface area contributed by atoms with Crippen molar-refractivity contribution in [3.05, 3.63) is 52.9 Å². The molecule has 2 heterocycles. The van der Waals surface area contributed by atoms with E-state index in [0.29, 0.717) is 16.9 Å². The van der Waals surface area contributed by atoms with E-state index in [4.69, 9.17) is 15.2 Å². The number of rotatable bonds is 3. The molecule has 0 aliphatic carbocycles. The van der Waals surface area contributed by atoms with Crippen molar-refractivity contribution in [2.75, 3.05) is 6.61 Å². The van der Waals surface area contributed by atoms with Gasteiger partial charge in [0.2, 0.25) is 5.88 Å². The summed E-state index contributed by atoms with van der Waals surface area (Å²) in [5.74, 6) is -0.842. The third-order valence-electron chi connectivity index (χ3n) is 3.61. The number of carbonyl (C=O) groups is 1. The minimum absolute atomic E-state index is 0.0359. The average Bonchev–Trinajstić information content (AvgIpc) is 2.53. The molecule has 0 saturated heterocycles. The van der Waals surface area contributed by atoms with Crippen LogP contribution in [0.5, 0.6) is 0 Å². The van der Waals surface area contributed by atoms with E-state index in [9.17, 15) is 10.1 Å². The summed E-state index contributed by atoms with van der Waals surface area (Å²) in [7, 11) is 0. The molecule has 1 atom stereocenters. The van der Waals surface area contributed by atoms with Crippen molar-refractivity contribution >= 4 is 5.97 Å². The van der Waals surface area contributed by atoms with Crippen LogP contribution in [0.25, 0.3) is 0 Å². The van der Waals surface area contributed by atoms with Crippen LogP contribution in [-0.4, -0.2) is 17.6 Å². The Hall–Kier alpha value is -2.81. The monoisotopic (exact) mass is 327 g/mol. The first-order valence-corrected chi connectivity index (χ1v) is 7.70. The number of ether oxygens (including phenoxy) is 2. The number of hydrogen-bond acceptors (Lipinski definition) is 6. The first-order chi connectivity index (χ1) is 11.3. The maximum atomic E-state index is 12.4. The number of hydrogen-bond donors (Lipinski definition) is 1. The largest absolute Gasteiger partial charge is 0.462 e. The molecule has 0 bridgehead atoms. The number of nitrogens with zero attached hydrogens (tertiary/aromatic N) is 2. The summed E-state index contributed by atoms with van der Waals surface area (Å²) in [6, 6.07) is 5.73. The molecule has 6 nitrogen and oxygen atoms in total. The van der Waals surface area contributed by atoms with Gasteiger partial charge < -0.3 is 15.2 Å². The van der Waals surface area contributed by atoms with E-state index >= 15 is 0 Å². The van der Waals surface area contributed by atoms with Crippen LogP contribution in [-0.2, 0) is 14.3 Å². The highest BCUT2D eigenvalue weighted by Gasteiger charge is 2.40. The van der Waals surface area contributed by atoms with Crippen molar-refractivity contribution in [1.29, 1.82) is 5.26 Å². The summed E-state index contributed by atoms with van der Waals surface area (Å²) in [5, 5.41) is 9.75. The Bertz CT molecular complexity index is 737. The summed E-state index contributed by atoms with van der Waals surface area (Å²) < 4.78 is 10.8. The normalized spacial score (nSPS) is 18.0. The maximum absolute atomic E-state index is 12.4. The fourth-order valence-electron chi connectivity index (χ4n) is 2.62. The second-order valence-corrected chi connectivity index (χ2v) is 6.42. The Kier molecular flexibility index (Phi) is 4.93. The van der Waals surface area contributed by atoms with Gasteiger partial charge in [-0.1, -0.05) is 26.8 Å². The van der Waals surface area contributed by atoms with Crippen LogP contribution < -0.4 is 5.73 Å². The summed E-state index contributed by atoms with van der Waals surface area (Å²) in [6.07, 6.45) is 3.24. The minimum Gasteiger partial charge on any atom is -0.462 e. The lowest BCUT2D eigenvalue weighted by atomic mass is 9.79. The number of nitrogens with two attached hydrogens (primary N) is 1. The van der Waals surface area contributed by atoms with Crippen molar-refractivity contribution in [2.24, 2.45) is 11.1 Å². The third-order valence-corrected chi connectivity index (χ3v) is 3.61. The van der Waals surface area contributed by atoms with Crippen LogP contribution in [0.2, 0.25) is 0 Å². The molecular weight excluding hydrogens is 306 g/mol. The van der Waals surface area contributed by atoms with E-state index in [-0.39, 0.29) is 18.1 Å². The van der Waals surface area contributed by atoms with Gasteiger partial charge >= 0.3 is 5.97 Å². The zero-order chi connectivity index (χ0) is 17.9. The topological polar surface area (TPSA) is 98.2 Å². The molecule has 0 radical (unpaired) electrons. The maximum Gasteiger partial charge on any atom is 0.340 e. The standard InChI is InChI=1S/C18H21N3O3/c1-5-23-17(22)14-13(11-7-6-8-21-10-11)12(9-19)15(18(2,3)4)24-16(14)20/h6-8,10,13H,5,20H2,1-4H3. The molecule has 24 heavy (non-hydrogen) atoms.